The molecule has 0 radical (unpaired) electrons. The zero-order valence-corrected chi connectivity index (χ0v) is 26.9. The second-order valence-electron chi connectivity index (χ2n) is 11.7. The quantitative estimate of drug-likeness (QED) is 0.109. The number of aliphatic imine (C=N–C) groups is 1. The predicted molar refractivity (Wildman–Crippen MR) is 201 cm³/mol. The van der Waals surface area contributed by atoms with Crippen LogP contribution in [0.25, 0.3) is 49.2 Å². The number of benzene rings is 6. The van der Waals surface area contributed by atoms with Crippen molar-refractivity contribution in [2.24, 2.45) is 4.99 Å². The molecule has 47 heavy (non-hydrogen) atoms. The van der Waals surface area contributed by atoms with Crippen LogP contribution in [0.15, 0.2) is 157 Å². The van der Waals surface area contributed by atoms with Crippen molar-refractivity contribution in [2.75, 3.05) is 5.73 Å². The highest BCUT2D eigenvalue weighted by Gasteiger charge is 2.23. The van der Waals surface area contributed by atoms with Gasteiger partial charge in [-0.25, -0.2) is 0 Å². The molecule has 226 valence electrons. The summed E-state index contributed by atoms with van der Waals surface area (Å²) in [5.74, 6) is 0. The minimum Gasteiger partial charge on any atom is -0.398 e. The van der Waals surface area contributed by atoms with Crippen LogP contribution in [0.2, 0.25) is 10.0 Å². The molecule has 0 aliphatic heterocycles. The first-order valence-electron chi connectivity index (χ1n) is 15.5. The van der Waals surface area contributed by atoms with Crippen molar-refractivity contribution < 1.29 is 0 Å². The van der Waals surface area contributed by atoms with Crippen molar-refractivity contribution in [3.63, 3.8) is 0 Å². The van der Waals surface area contributed by atoms with Crippen LogP contribution in [0.5, 0.6) is 0 Å². The summed E-state index contributed by atoms with van der Waals surface area (Å²) in [6.45, 7) is 4.11. The van der Waals surface area contributed by atoms with E-state index in [9.17, 15) is 0 Å². The van der Waals surface area contributed by atoms with Crippen LogP contribution in [0.1, 0.15) is 22.7 Å². The Kier molecular flexibility index (Phi) is 7.29. The zero-order chi connectivity index (χ0) is 32.1. The number of anilines is 1. The molecule has 8 aromatic rings. The van der Waals surface area contributed by atoms with Gasteiger partial charge in [-0.15, -0.1) is 0 Å². The summed E-state index contributed by atoms with van der Waals surface area (Å²) in [7, 11) is 0. The summed E-state index contributed by atoms with van der Waals surface area (Å²) in [6, 6.07) is 47.1. The van der Waals surface area contributed by atoms with Crippen LogP contribution >= 0.6 is 23.2 Å². The Labute approximate surface area is 282 Å². The van der Waals surface area contributed by atoms with Crippen LogP contribution in [-0.2, 0) is 0 Å². The molecule has 6 aromatic carbocycles. The SMILES string of the molecule is C=C/C(=N\C(c1cccc(Cl)c1)c1ccccc1-c1c(N)ccc2c1cc1c3ccccc3c3ccccc3n21)c1cccc(Cl)c1. The van der Waals surface area contributed by atoms with E-state index in [1.54, 1.807) is 6.08 Å². The highest BCUT2D eigenvalue weighted by molar-refractivity contribution is 6.31. The maximum atomic E-state index is 6.94. The number of pyridine rings is 1. The van der Waals surface area contributed by atoms with Gasteiger partial charge in [0.15, 0.2) is 0 Å². The number of nitrogen functional groups attached to an aromatic ring is 1. The molecule has 0 aliphatic carbocycles. The third kappa shape index (κ3) is 4.96. The number of aromatic nitrogens is 1. The van der Waals surface area contributed by atoms with Crippen molar-refractivity contribution >= 4 is 72.7 Å². The van der Waals surface area contributed by atoms with Gasteiger partial charge in [-0.05, 0) is 76.7 Å². The highest BCUT2D eigenvalue weighted by atomic mass is 35.5. The molecule has 8 rings (SSSR count). The van der Waals surface area contributed by atoms with E-state index in [0.717, 1.165) is 55.5 Å². The molecule has 1 atom stereocenters. The molecular formula is C42H29Cl2N3. The van der Waals surface area contributed by atoms with Crippen LogP contribution in [0, 0.1) is 0 Å². The van der Waals surface area contributed by atoms with Crippen molar-refractivity contribution in [2.45, 2.75) is 6.04 Å². The lowest BCUT2D eigenvalue weighted by Crippen LogP contribution is -2.06. The van der Waals surface area contributed by atoms with Gasteiger partial charge in [-0.1, -0.05) is 121 Å². The largest absolute Gasteiger partial charge is 0.398 e. The van der Waals surface area contributed by atoms with Crippen molar-refractivity contribution in [1.29, 1.82) is 0 Å². The van der Waals surface area contributed by atoms with Gasteiger partial charge in [-0.3, -0.25) is 4.99 Å². The summed E-state index contributed by atoms with van der Waals surface area (Å²) in [5, 5.41) is 5.98. The fraction of sp³-hybridized carbons (Fsp3) is 0.0238. The number of halogens is 2. The molecule has 0 amide bonds. The lowest BCUT2D eigenvalue weighted by Gasteiger charge is -2.21. The van der Waals surface area contributed by atoms with E-state index in [4.69, 9.17) is 33.9 Å². The fourth-order valence-corrected chi connectivity index (χ4v) is 7.28. The van der Waals surface area contributed by atoms with Gasteiger partial charge >= 0.3 is 0 Å². The molecule has 0 saturated carbocycles. The van der Waals surface area contributed by atoms with Crippen LogP contribution in [0.4, 0.5) is 5.69 Å². The Hall–Kier alpha value is -5.35. The molecule has 2 aromatic heterocycles. The second kappa shape index (κ2) is 11.8. The van der Waals surface area contributed by atoms with E-state index in [1.807, 2.05) is 54.6 Å². The van der Waals surface area contributed by atoms with Gasteiger partial charge in [0.05, 0.1) is 22.3 Å². The summed E-state index contributed by atoms with van der Waals surface area (Å²) in [4.78, 5) is 5.34. The number of rotatable bonds is 6. The topological polar surface area (TPSA) is 42.8 Å². The summed E-state index contributed by atoms with van der Waals surface area (Å²) >= 11 is 13.0. The Morgan fingerprint density at radius 1 is 0.638 bits per heavy atom. The number of hydrogen-bond acceptors (Lipinski definition) is 2. The van der Waals surface area contributed by atoms with Gasteiger partial charge in [0.25, 0.3) is 0 Å². The van der Waals surface area contributed by atoms with E-state index in [2.05, 4.69) is 95.9 Å². The minimum atomic E-state index is -0.412. The molecule has 0 bridgehead atoms. The summed E-state index contributed by atoms with van der Waals surface area (Å²) in [5.41, 5.74) is 16.6. The van der Waals surface area contributed by atoms with E-state index < -0.39 is 6.04 Å². The Bertz CT molecular complexity index is 2540. The third-order valence-corrected chi connectivity index (χ3v) is 9.40. The molecule has 2 N–H and O–H groups in total. The zero-order valence-electron chi connectivity index (χ0n) is 25.4. The number of para-hydroxylation sites is 1. The van der Waals surface area contributed by atoms with Crippen LogP contribution < -0.4 is 5.73 Å². The number of nitrogens with two attached hydrogens (primary N) is 1. The third-order valence-electron chi connectivity index (χ3n) is 8.93. The molecule has 0 spiro atoms. The van der Waals surface area contributed by atoms with E-state index in [0.29, 0.717) is 15.7 Å². The maximum absolute atomic E-state index is 6.94. The minimum absolute atomic E-state index is 0.412. The molecule has 5 heteroatoms. The Morgan fingerprint density at radius 2 is 1.30 bits per heavy atom. The van der Waals surface area contributed by atoms with Gasteiger partial charge in [0.1, 0.15) is 6.04 Å². The molecule has 1 unspecified atom stereocenters. The number of hydrogen-bond donors (Lipinski definition) is 1. The van der Waals surface area contributed by atoms with Gasteiger partial charge < -0.3 is 10.1 Å². The monoisotopic (exact) mass is 645 g/mol. The first kappa shape index (κ1) is 29.1. The normalized spacial score (nSPS) is 12.7. The van der Waals surface area contributed by atoms with Crippen molar-refractivity contribution in [1.82, 2.24) is 4.40 Å². The summed E-state index contributed by atoms with van der Waals surface area (Å²) < 4.78 is 2.36. The second-order valence-corrected chi connectivity index (χ2v) is 12.5. The van der Waals surface area contributed by atoms with E-state index in [-0.39, 0.29) is 0 Å². The molecule has 0 fully saturated rings. The number of nitrogens with zero attached hydrogens (tertiary/aromatic N) is 2. The number of fused-ring (bicyclic) bond motifs is 8. The molecule has 3 nitrogen and oxygen atoms in total. The van der Waals surface area contributed by atoms with Crippen LogP contribution in [-0.4, -0.2) is 10.1 Å². The molecule has 0 aliphatic rings. The first-order chi connectivity index (χ1) is 23.0. The average Bonchev–Trinajstić information content (AvgIpc) is 3.49. The van der Waals surface area contributed by atoms with Crippen LogP contribution in [0.3, 0.4) is 0 Å². The van der Waals surface area contributed by atoms with E-state index in [1.165, 1.54) is 16.2 Å². The lowest BCUT2D eigenvalue weighted by molar-refractivity contribution is 0.877. The van der Waals surface area contributed by atoms with Crippen molar-refractivity contribution in [3.05, 3.63) is 179 Å². The standard InChI is InChI=1S/C42H29Cl2N3/c1-2-37(26-11-9-13-28(43)23-26)46-42(27-12-10-14-29(44)24-27)34-19-6-5-18-33(34)41-35-25-40-32-17-4-3-15-30(32)31-16-7-8-20-38(31)47(40)39(35)22-21-36(41)45/h2-25,42H,1,45H2/b46-37+. The lowest BCUT2D eigenvalue weighted by atomic mass is 9.89. The maximum Gasteiger partial charge on any atom is 0.101 e. The van der Waals surface area contributed by atoms with Gasteiger partial charge in [-0.2, -0.15) is 0 Å². The van der Waals surface area contributed by atoms with Gasteiger partial charge in [0.2, 0.25) is 0 Å². The predicted octanol–water partition coefficient (Wildman–Crippen LogP) is 11.7. The molecule has 2 heterocycles. The average molecular weight is 647 g/mol. The molecular weight excluding hydrogens is 617 g/mol. The fourth-order valence-electron chi connectivity index (χ4n) is 6.89. The van der Waals surface area contributed by atoms with E-state index >= 15 is 0 Å². The Morgan fingerprint density at radius 3 is 2.06 bits per heavy atom. The first-order valence-corrected chi connectivity index (χ1v) is 16.2. The Balaban J connectivity index is 1.44. The summed E-state index contributed by atoms with van der Waals surface area (Å²) in [6.07, 6.45) is 1.78. The van der Waals surface area contributed by atoms with Gasteiger partial charge in [0, 0.05) is 43.0 Å². The number of allylic oxidation sites excluding steroid dienone is 1. The smallest absolute Gasteiger partial charge is 0.101 e. The highest BCUT2D eigenvalue weighted by Crippen LogP contribution is 2.44. The molecule has 0 saturated heterocycles. The van der Waals surface area contributed by atoms with Crippen molar-refractivity contribution in [3.8, 4) is 11.1 Å².